The molecule has 1 heterocycles. The highest BCUT2D eigenvalue weighted by Gasteiger charge is 2.29. The maximum absolute atomic E-state index is 12.4. The molecular formula is C14H17NO4. The molecule has 5 heteroatoms. The van der Waals surface area contributed by atoms with Crippen molar-refractivity contribution in [3.63, 3.8) is 0 Å². The van der Waals surface area contributed by atoms with Crippen LogP contribution >= 0.6 is 0 Å². The van der Waals surface area contributed by atoms with Crippen molar-refractivity contribution in [1.29, 1.82) is 0 Å². The van der Waals surface area contributed by atoms with Gasteiger partial charge in [0.15, 0.2) is 0 Å². The van der Waals surface area contributed by atoms with Crippen molar-refractivity contribution >= 4 is 11.9 Å². The molecule has 1 aliphatic rings. The molecule has 0 saturated carbocycles. The average Bonchev–Trinajstić information content (AvgIpc) is 2.46. The van der Waals surface area contributed by atoms with Crippen LogP contribution in [0.3, 0.4) is 0 Å². The van der Waals surface area contributed by atoms with E-state index in [0.717, 1.165) is 6.42 Å². The lowest BCUT2D eigenvalue weighted by molar-refractivity contribution is -0.143. The van der Waals surface area contributed by atoms with Gasteiger partial charge in [-0.25, -0.2) is 0 Å². The smallest absolute Gasteiger partial charge is 0.308 e. The predicted molar refractivity (Wildman–Crippen MR) is 69.3 cm³/mol. The lowest BCUT2D eigenvalue weighted by Crippen LogP contribution is -2.42. The lowest BCUT2D eigenvalue weighted by atomic mass is 9.97. The number of amides is 1. The van der Waals surface area contributed by atoms with E-state index < -0.39 is 11.9 Å². The van der Waals surface area contributed by atoms with E-state index in [1.807, 2.05) is 0 Å². The monoisotopic (exact) mass is 263 g/mol. The number of likely N-dealkylation sites (tertiary alicyclic amines) is 1. The third-order valence-electron chi connectivity index (χ3n) is 3.40. The quantitative estimate of drug-likeness (QED) is 0.900. The molecule has 5 nitrogen and oxygen atoms in total. The van der Waals surface area contributed by atoms with Gasteiger partial charge in [0.25, 0.3) is 5.91 Å². The van der Waals surface area contributed by atoms with Crippen molar-refractivity contribution in [2.24, 2.45) is 5.92 Å². The van der Waals surface area contributed by atoms with Crippen LogP contribution in [0.4, 0.5) is 0 Å². The van der Waals surface area contributed by atoms with Crippen LogP contribution in [0.25, 0.3) is 0 Å². The van der Waals surface area contributed by atoms with Crippen LogP contribution in [0.15, 0.2) is 24.3 Å². The molecule has 1 aromatic carbocycles. The van der Waals surface area contributed by atoms with Crippen molar-refractivity contribution in [1.82, 2.24) is 4.90 Å². The summed E-state index contributed by atoms with van der Waals surface area (Å²) >= 11 is 0. The Labute approximate surface area is 111 Å². The van der Waals surface area contributed by atoms with Gasteiger partial charge in [-0.3, -0.25) is 9.59 Å². The van der Waals surface area contributed by atoms with E-state index >= 15 is 0 Å². The van der Waals surface area contributed by atoms with Crippen LogP contribution in [0.2, 0.25) is 0 Å². The summed E-state index contributed by atoms with van der Waals surface area (Å²) in [4.78, 5) is 25.0. The van der Waals surface area contributed by atoms with Crippen LogP contribution in [0.5, 0.6) is 5.75 Å². The molecule has 1 saturated heterocycles. The number of methoxy groups -OCH3 is 1. The van der Waals surface area contributed by atoms with E-state index in [2.05, 4.69) is 0 Å². The molecule has 1 aliphatic heterocycles. The predicted octanol–water partition coefficient (Wildman–Crippen LogP) is 1.63. The Hall–Kier alpha value is -2.04. The molecule has 19 heavy (non-hydrogen) atoms. The molecule has 1 amide bonds. The Balaban J connectivity index is 2.17. The number of nitrogens with zero attached hydrogens (tertiary/aromatic N) is 1. The summed E-state index contributed by atoms with van der Waals surface area (Å²) in [6, 6.07) is 7.00. The second-order valence-electron chi connectivity index (χ2n) is 4.63. The molecule has 1 atom stereocenters. The summed E-state index contributed by atoms with van der Waals surface area (Å²) in [5, 5.41) is 9.05. The van der Waals surface area contributed by atoms with Gasteiger partial charge in [0, 0.05) is 13.1 Å². The van der Waals surface area contributed by atoms with Gasteiger partial charge < -0.3 is 14.7 Å². The van der Waals surface area contributed by atoms with Gasteiger partial charge in [-0.05, 0) is 25.0 Å². The van der Waals surface area contributed by atoms with E-state index in [9.17, 15) is 9.59 Å². The molecule has 0 aliphatic carbocycles. The molecule has 0 bridgehead atoms. The van der Waals surface area contributed by atoms with Gasteiger partial charge >= 0.3 is 5.97 Å². The summed E-state index contributed by atoms with van der Waals surface area (Å²) < 4.78 is 5.17. The summed E-state index contributed by atoms with van der Waals surface area (Å²) in [5.74, 6) is -0.946. The van der Waals surface area contributed by atoms with E-state index in [1.165, 1.54) is 7.11 Å². The van der Waals surface area contributed by atoms with Gasteiger partial charge in [-0.15, -0.1) is 0 Å². The fourth-order valence-corrected chi connectivity index (χ4v) is 2.35. The van der Waals surface area contributed by atoms with E-state index in [1.54, 1.807) is 29.2 Å². The Morgan fingerprint density at radius 1 is 1.37 bits per heavy atom. The summed E-state index contributed by atoms with van der Waals surface area (Å²) in [7, 11) is 1.52. The number of hydrogen-bond acceptors (Lipinski definition) is 3. The standard InChI is InChI=1S/C14H17NO4/c1-19-12-7-3-2-6-11(12)13(16)15-8-4-5-10(9-15)14(17)18/h2-3,6-7,10H,4-5,8-9H2,1H3,(H,17,18). The summed E-state index contributed by atoms with van der Waals surface area (Å²) in [6.07, 6.45) is 1.35. The highest BCUT2D eigenvalue weighted by atomic mass is 16.5. The average molecular weight is 263 g/mol. The van der Waals surface area contributed by atoms with Gasteiger partial charge in [0.05, 0.1) is 18.6 Å². The minimum absolute atomic E-state index is 0.164. The first kappa shape index (κ1) is 13.4. The van der Waals surface area contributed by atoms with Crippen LogP contribution in [-0.4, -0.2) is 42.1 Å². The van der Waals surface area contributed by atoms with Gasteiger partial charge in [-0.1, -0.05) is 12.1 Å². The topological polar surface area (TPSA) is 66.8 Å². The Morgan fingerprint density at radius 2 is 2.11 bits per heavy atom. The number of ether oxygens (including phenoxy) is 1. The molecule has 102 valence electrons. The zero-order chi connectivity index (χ0) is 13.8. The van der Waals surface area contributed by atoms with E-state index in [0.29, 0.717) is 24.3 Å². The molecule has 1 aromatic rings. The van der Waals surface area contributed by atoms with Crippen LogP contribution < -0.4 is 4.74 Å². The first-order valence-corrected chi connectivity index (χ1v) is 6.28. The summed E-state index contributed by atoms with van der Waals surface area (Å²) in [6.45, 7) is 0.868. The second-order valence-corrected chi connectivity index (χ2v) is 4.63. The SMILES string of the molecule is COc1ccccc1C(=O)N1CCCC(C(=O)O)C1. The molecule has 0 aromatic heterocycles. The minimum Gasteiger partial charge on any atom is -0.496 e. The molecule has 1 N–H and O–H groups in total. The number of piperidine rings is 1. The number of carboxylic acid groups (broad SMARTS) is 1. The first-order valence-electron chi connectivity index (χ1n) is 6.28. The van der Waals surface area contributed by atoms with E-state index in [-0.39, 0.29) is 12.5 Å². The number of rotatable bonds is 3. The Kier molecular flexibility index (Phi) is 4.04. The van der Waals surface area contributed by atoms with E-state index in [4.69, 9.17) is 9.84 Å². The van der Waals surface area contributed by atoms with Crippen LogP contribution in [0.1, 0.15) is 23.2 Å². The molecule has 1 fully saturated rings. The normalized spacial score (nSPS) is 19.0. The maximum atomic E-state index is 12.4. The number of hydrogen-bond donors (Lipinski definition) is 1. The molecule has 2 rings (SSSR count). The number of carboxylic acids is 1. The molecule has 1 unspecified atom stereocenters. The van der Waals surface area contributed by atoms with Crippen molar-refractivity contribution in [3.05, 3.63) is 29.8 Å². The van der Waals surface area contributed by atoms with Crippen LogP contribution in [0, 0.1) is 5.92 Å². The highest BCUT2D eigenvalue weighted by Crippen LogP contribution is 2.23. The Morgan fingerprint density at radius 3 is 2.79 bits per heavy atom. The zero-order valence-electron chi connectivity index (χ0n) is 10.8. The second kappa shape index (κ2) is 5.73. The lowest BCUT2D eigenvalue weighted by Gasteiger charge is -2.31. The molecular weight excluding hydrogens is 246 g/mol. The third kappa shape index (κ3) is 2.86. The van der Waals surface area contributed by atoms with Crippen molar-refractivity contribution in [2.75, 3.05) is 20.2 Å². The Bertz CT molecular complexity index is 486. The number of carbonyl (C=O) groups is 2. The van der Waals surface area contributed by atoms with Gasteiger partial charge in [-0.2, -0.15) is 0 Å². The largest absolute Gasteiger partial charge is 0.496 e. The maximum Gasteiger partial charge on any atom is 0.308 e. The van der Waals surface area contributed by atoms with Crippen LogP contribution in [-0.2, 0) is 4.79 Å². The van der Waals surface area contributed by atoms with Crippen molar-refractivity contribution in [3.8, 4) is 5.75 Å². The van der Waals surface area contributed by atoms with Gasteiger partial charge in [0.2, 0.25) is 0 Å². The highest BCUT2D eigenvalue weighted by molar-refractivity contribution is 5.97. The number of para-hydroxylation sites is 1. The minimum atomic E-state index is -0.836. The summed E-state index contributed by atoms with van der Waals surface area (Å²) in [5.41, 5.74) is 0.482. The van der Waals surface area contributed by atoms with Crippen molar-refractivity contribution < 1.29 is 19.4 Å². The number of benzene rings is 1. The zero-order valence-corrected chi connectivity index (χ0v) is 10.8. The fraction of sp³-hybridized carbons (Fsp3) is 0.429. The molecule has 0 radical (unpaired) electrons. The van der Waals surface area contributed by atoms with Gasteiger partial charge in [0.1, 0.15) is 5.75 Å². The van der Waals surface area contributed by atoms with Crippen molar-refractivity contribution in [2.45, 2.75) is 12.8 Å². The first-order chi connectivity index (χ1) is 9.13. The number of carbonyl (C=O) groups excluding carboxylic acids is 1. The third-order valence-corrected chi connectivity index (χ3v) is 3.40. The number of aliphatic carboxylic acids is 1. The fourth-order valence-electron chi connectivity index (χ4n) is 2.35. The molecule has 0 spiro atoms.